The number of halogens is 1. The summed E-state index contributed by atoms with van der Waals surface area (Å²) in [6.07, 6.45) is 9.52. The van der Waals surface area contributed by atoms with Gasteiger partial charge in [0.15, 0.2) is 5.96 Å². The smallest absolute Gasteiger partial charge is 0.191 e. The molecular formula is C18H32IN5O2. The maximum Gasteiger partial charge on any atom is 0.191 e. The van der Waals surface area contributed by atoms with E-state index in [2.05, 4.69) is 32.6 Å². The monoisotopic (exact) mass is 477 g/mol. The van der Waals surface area contributed by atoms with Crippen molar-refractivity contribution in [2.45, 2.75) is 57.2 Å². The van der Waals surface area contributed by atoms with Crippen LogP contribution in [-0.2, 0) is 16.0 Å². The van der Waals surface area contributed by atoms with Crippen LogP contribution < -0.4 is 10.6 Å². The Kier molecular flexibility index (Phi) is 9.69. The van der Waals surface area contributed by atoms with Crippen LogP contribution in [0.1, 0.15) is 50.3 Å². The molecule has 1 aliphatic carbocycles. The Balaban J connectivity index is 0.00000243. The van der Waals surface area contributed by atoms with Crippen molar-refractivity contribution in [3.63, 3.8) is 0 Å². The molecule has 0 spiro atoms. The fraction of sp³-hybridized carbons (Fsp3) is 0.778. The van der Waals surface area contributed by atoms with Crippen LogP contribution >= 0.6 is 24.0 Å². The van der Waals surface area contributed by atoms with Gasteiger partial charge in [-0.05, 0) is 31.7 Å². The lowest BCUT2D eigenvalue weighted by molar-refractivity contribution is 0.0420. The van der Waals surface area contributed by atoms with Crippen LogP contribution in [0.5, 0.6) is 0 Å². The van der Waals surface area contributed by atoms with Crippen LogP contribution in [0.2, 0.25) is 0 Å². The number of rotatable bonds is 8. The molecule has 2 aliphatic rings. The van der Waals surface area contributed by atoms with Crippen LogP contribution in [-0.4, -0.2) is 55.3 Å². The van der Waals surface area contributed by atoms with E-state index in [1.165, 1.54) is 25.7 Å². The summed E-state index contributed by atoms with van der Waals surface area (Å²) in [5, 5.41) is 11.3. The van der Waals surface area contributed by atoms with Gasteiger partial charge in [-0.15, -0.1) is 24.0 Å². The van der Waals surface area contributed by atoms with Gasteiger partial charge in [-0.1, -0.05) is 12.8 Å². The van der Waals surface area contributed by atoms with Crippen LogP contribution in [0.4, 0.5) is 0 Å². The topological polar surface area (TPSA) is 72.7 Å². The molecule has 2 fully saturated rings. The molecule has 3 rings (SSSR count). The minimum atomic E-state index is 0. The number of nitrogens with one attached hydrogen (secondary N) is 2. The Labute approximate surface area is 173 Å². The zero-order valence-corrected chi connectivity index (χ0v) is 18.0. The Morgan fingerprint density at radius 3 is 2.92 bits per heavy atom. The molecule has 0 radical (unpaired) electrons. The molecule has 8 heteroatoms. The first-order chi connectivity index (χ1) is 12.3. The summed E-state index contributed by atoms with van der Waals surface area (Å²) in [6, 6.07) is 2.69. The first kappa shape index (κ1) is 21.4. The molecule has 148 valence electrons. The summed E-state index contributed by atoms with van der Waals surface area (Å²) in [6.45, 7) is 3.85. The lowest BCUT2D eigenvalue weighted by Gasteiger charge is -2.13. The number of ether oxygens (including phenoxy) is 2. The third kappa shape index (κ3) is 6.70. The zero-order chi connectivity index (χ0) is 17.3. The summed E-state index contributed by atoms with van der Waals surface area (Å²) in [5.41, 5.74) is 1.06. The minimum Gasteiger partial charge on any atom is -0.379 e. The SMILES string of the molecule is CN=C(NCCCOC1CCOC1)NCc1ccn(C2CCCC2)n1.I. The lowest BCUT2D eigenvalue weighted by Crippen LogP contribution is -2.37. The maximum atomic E-state index is 5.76. The van der Waals surface area contributed by atoms with E-state index in [-0.39, 0.29) is 30.1 Å². The molecular weight excluding hydrogens is 445 g/mol. The third-order valence-electron chi connectivity index (χ3n) is 4.88. The number of guanidine groups is 1. The summed E-state index contributed by atoms with van der Waals surface area (Å²) in [5.74, 6) is 0.805. The number of nitrogens with zero attached hydrogens (tertiary/aromatic N) is 3. The summed E-state index contributed by atoms with van der Waals surface area (Å²) >= 11 is 0. The normalized spacial score (nSPS) is 21.0. The molecule has 1 saturated carbocycles. The molecule has 2 heterocycles. The van der Waals surface area contributed by atoms with Crippen LogP contribution in [0.15, 0.2) is 17.3 Å². The van der Waals surface area contributed by atoms with E-state index < -0.39 is 0 Å². The van der Waals surface area contributed by atoms with Crippen molar-refractivity contribution >= 4 is 29.9 Å². The van der Waals surface area contributed by atoms with Gasteiger partial charge >= 0.3 is 0 Å². The highest BCUT2D eigenvalue weighted by molar-refractivity contribution is 14.0. The first-order valence-corrected chi connectivity index (χ1v) is 9.53. The number of hydrogen-bond donors (Lipinski definition) is 2. The largest absolute Gasteiger partial charge is 0.379 e. The molecule has 2 N–H and O–H groups in total. The van der Waals surface area contributed by atoms with Gasteiger partial charge in [0.25, 0.3) is 0 Å². The minimum absolute atomic E-state index is 0. The summed E-state index contributed by atoms with van der Waals surface area (Å²) in [4.78, 5) is 4.26. The molecule has 1 aliphatic heterocycles. The predicted octanol–water partition coefficient (Wildman–Crippen LogP) is 2.48. The second kappa shape index (κ2) is 11.8. The van der Waals surface area contributed by atoms with Crippen molar-refractivity contribution in [3.8, 4) is 0 Å². The van der Waals surface area contributed by atoms with Crippen LogP contribution in [0, 0.1) is 0 Å². The van der Waals surface area contributed by atoms with Crippen LogP contribution in [0.25, 0.3) is 0 Å². The molecule has 7 nitrogen and oxygen atoms in total. The predicted molar refractivity (Wildman–Crippen MR) is 113 cm³/mol. The van der Waals surface area contributed by atoms with Crippen molar-refractivity contribution in [2.24, 2.45) is 4.99 Å². The molecule has 1 saturated heterocycles. The van der Waals surface area contributed by atoms with E-state index >= 15 is 0 Å². The van der Waals surface area contributed by atoms with Crippen molar-refractivity contribution in [2.75, 3.05) is 33.4 Å². The number of aliphatic imine (C=N–C) groups is 1. The number of hydrogen-bond acceptors (Lipinski definition) is 4. The van der Waals surface area contributed by atoms with E-state index in [1.807, 2.05) is 0 Å². The van der Waals surface area contributed by atoms with E-state index in [9.17, 15) is 0 Å². The molecule has 1 aromatic rings. The Morgan fingerprint density at radius 1 is 1.35 bits per heavy atom. The van der Waals surface area contributed by atoms with E-state index in [1.54, 1.807) is 7.05 Å². The van der Waals surface area contributed by atoms with E-state index in [0.29, 0.717) is 12.6 Å². The fourth-order valence-corrected chi connectivity index (χ4v) is 3.41. The average Bonchev–Trinajstić information content (AvgIpc) is 3.39. The molecule has 1 aromatic heterocycles. The lowest BCUT2D eigenvalue weighted by atomic mass is 10.3. The zero-order valence-electron chi connectivity index (χ0n) is 15.7. The van der Waals surface area contributed by atoms with Gasteiger partial charge in [-0.25, -0.2) is 0 Å². The Bertz CT molecular complexity index is 539. The van der Waals surface area contributed by atoms with Crippen molar-refractivity contribution in [3.05, 3.63) is 18.0 Å². The molecule has 1 unspecified atom stereocenters. The molecule has 0 amide bonds. The van der Waals surface area contributed by atoms with Crippen molar-refractivity contribution in [1.82, 2.24) is 20.4 Å². The maximum absolute atomic E-state index is 5.76. The number of aromatic nitrogens is 2. The molecule has 0 bridgehead atoms. The first-order valence-electron chi connectivity index (χ1n) is 9.53. The second-order valence-corrected chi connectivity index (χ2v) is 6.79. The molecule has 0 aromatic carbocycles. The van der Waals surface area contributed by atoms with Crippen molar-refractivity contribution in [1.29, 1.82) is 0 Å². The average molecular weight is 477 g/mol. The van der Waals surface area contributed by atoms with E-state index in [4.69, 9.17) is 14.6 Å². The van der Waals surface area contributed by atoms with Crippen molar-refractivity contribution < 1.29 is 9.47 Å². The van der Waals surface area contributed by atoms with Gasteiger partial charge in [-0.3, -0.25) is 9.67 Å². The highest BCUT2D eigenvalue weighted by Crippen LogP contribution is 2.28. The highest BCUT2D eigenvalue weighted by atomic mass is 127. The van der Waals surface area contributed by atoms with Crippen LogP contribution in [0.3, 0.4) is 0 Å². The Morgan fingerprint density at radius 2 is 2.19 bits per heavy atom. The third-order valence-corrected chi connectivity index (χ3v) is 4.88. The summed E-state index contributed by atoms with van der Waals surface area (Å²) < 4.78 is 13.2. The summed E-state index contributed by atoms with van der Waals surface area (Å²) in [7, 11) is 1.79. The van der Waals surface area contributed by atoms with Gasteiger partial charge in [0.2, 0.25) is 0 Å². The van der Waals surface area contributed by atoms with Gasteiger partial charge in [0.05, 0.1) is 31.0 Å². The molecule has 26 heavy (non-hydrogen) atoms. The highest BCUT2D eigenvalue weighted by Gasteiger charge is 2.17. The molecule has 1 atom stereocenters. The van der Waals surface area contributed by atoms with Gasteiger partial charge in [-0.2, -0.15) is 5.10 Å². The van der Waals surface area contributed by atoms with Gasteiger partial charge < -0.3 is 20.1 Å². The second-order valence-electron chi connectivity index (χ2n) is 6.79. The quantitative estimate of drug-likeness (QED) is 0.261. The van der Waals surface area contributed by atoms with Gasteiger partial charge in [0.1, 0.15) is 0 Å². The standard InChI is InChI=1S/C18H31N5O2.HI/c1-19-18(20-9-4-11-25-17-8-12-24-14-17)21-13-15-7-10-23(22-15)16-5-2-3-6-16;/h7,10,16-17H,2-6,8-9,11-14H2,1H3,(H2,19,20,21);1H. The Hall–Kier alpha value is -0.870. The van der Waals surface area contributed by atoms with E-state index in [0.717, 1.165) is 50.9 Å². The fourth-order valence-electron chi connectivity index (χ4n) is 3.41. The van der Waals surface area contributed by atoms with Gasteiger partial charge in [0, 0.05) is 33.0 Å².